The summed E-state index contributed by atoms with van der Waals surface area (Å²) in [6, 6.07) is 3.57. The second-order valence-electron chi connectivity index (χ2n) is 7.09. The highest BCUT2D eigenvalue weighted by Gasteiger charge is 2.48. The molecule has 1 spiro atoms. The average molecular weight is 372 g/mol. The highest BCUT2D eigenvalue weighted by Crippen LogP contribution is 2.43. The van der Waals surface area contributed by atoms with Gasteiger partial charge in [-0.05, 0) is 49.2 Å². The van der Waals surface area contributed by atoms with E-state index in [2.05, 4.69) is 10.6 Å². The zero-order valence-electron chi connectivity index (χ0n) is 14.4. The van der Waals surface area contributed by atoms with Crippen molar-refractivity contribution in [2.75, 3.05) is 19.6 Å². The van der Waals surface area contributed by atoms with E-state index >= 15 is 0 Å². The number of cyclic esters (lactones) is 1. The molecule has 3 N–H and O–H groups in total. The van der Waals surface area contributed by atoms with Gasteiger partial charge in [0.25, 0.3) is 0 Å². The van der Waals surface area contributed by atoms with Crippen LogP contribution in [0.5, 0.6) is 0 Å². The number of rotatable bonds is 5. The van der Waals surface area contributed by atoms with Crippen LogP contribution in [0.3, 0.4) is 0 Å². The Labute approximate surface area is 149 Å². The number of nitrogens with one attached hydrogen (secondary N) is 2. The van der Waals surface area contributed by atoms with Crippen LogP contribution >= 0.6 is 0 Å². The Balaban J connectivity index is 1.65. The van der Waals surface area contributed by atoms with E-state index in [1.807, 2.05) is 0 Å². The number of piperidine rings is 1. The number of ether oxygens (including phenoxy) is 1. The molecule has 2 aliphatic rings. The maximum absolute atomic E-state index is 13.0. The molecular formula is C18H23F3N2O3. The summed E-state index contributed by atoms with van der Waals surface area (Å²) in [6.07, 6.45) is -2.62. The van der Waals surface area contributed by atoms with Crippen LogP contribution in [0.1, 0.15) is 36.0 Å². The van der Waals surface area contributed by atoms with Gasteiger partial charge in [0, 0.05) is 18.5 Å². The second kappa shape index (κ2) is 7.54. The summed E-state index contributed by atoms with van der Waals surface area (Å²) in [6.45, 7) is 1.82. The van der Waals surface area contributed by atoms with E-state index in [4.69, 9.17) is 4.74 Å². The summed E-state index contributed by atoms with van der Waals surface area (Å²) in [5, 5.41) is 15.6. The van der Waals surface area contributed by atoms with Gasteiger partial charge < -0.3 is 20.5 Å². The zero-order valence-corrected chi connectivity index (χ0v) is 14.4. The quantitative estimate of drug-likeness (QED) is 0.690. The molecule has 2 saturated heterocycles. The minimum absolute atomic E-state index is 0.181. The van der Waals surface area contributed by atoms with Crippen LogP contribution in [0.25, 0.3) is 0 Å². The number of aliphatic hydroxyl groups excluding tert-OH is 1. The first-order valence-electron chi connectivity index (χ1n) is 8.74. The number of hydrogen-bond acceptors (Lipinski definition) is 5. The number of hydrogen-bond donors (Lipinski definition) is 3. The number of aliphatic hydroxyl groups is 1. The van der Waals surface area contributed by atoms with E-state index in [9.17, 15) is 23.1 Å². The van der Waals surface area contributed by atoms with Crippen LogP contribution in [0.2, 0.25) is 0 Å². The predicted octanol–water partition coefficient (Wildman–Crippen LogP) is 1.97. The average Bonchev–Trinajstić information content (AvgIpc) is 2.89. The van der Waals surface area contributed by atoms with Crippen molar-refractivity contribution in [1.29, 1.82) is 0 Å². The molecule has 8 heteroatoms. The van der Waals surface area contributed by atoms with E-state index in [1.54, 1.807) is 6.07 Å². The molecule has 2 fully saturated rings. The molecule has 0 aliphatic carbocycles. The Morgan fingerprint density at radius 1 is 1.23 bits per heavy atom. The molecule has 0 amide bonds. The first-order chi connectivity index (χ1) is 12.3. The number of esters is 1. The van der Waals surface area contributed by atoms with Gasteiger partial charge in [0.1, 0.15) is 6.10 Å². The number of alkyl halides is 3. The minimum Gasteiger partial charge on any atom is -0.460 e. The molecule has 2 aliphatic heterocycles. The molecule has 0 aromatic heterocycles. The molecule has 1 unspecified atom stereocenters. The van der Waals surface area contributed by atoms with Gasteiger partial charge in [-0.3, -0.25) is 4.79 Å². The fourth-order valence-corrected chi connectivity index (χ4v) is 3.88. The van der Waals surface area contributed by atoms with E-state index in [-0.39, 0.29) is 29.6 Å². The molecule has 1 atom stereocenters. The first kappa shape index (κ1) is 19.1. The normalized spacial score (nSPS) is 22.6. The van der Waals surface area contributed by atoms with Gasteiger partial charge in [0.2, 0.25) is 0 Å². The predicted molar refractivity (Wildman–Crippen MR) is 88.1 cm³/mol. The van der Waals surface area contributed by atoms with Crippen molar-refractivity contribution in [3.8, 4) is 0 Å². The van der Waals surface area contributed by atoms with Gasteiger partial charge in [0.15, 0.2) is 0 Å². The SMILES string of the molecule is O=C1CC2(CCNCC2)C(CNCc2cc(CO)cc(C(F)(F)F)c2)O1. The standard InChI is InChI=1S/C18H23F3N2O3/c19-18(20,21)14-6-12(5-13(7-14)11-24)9-23-10-15-17(8-16(25)26-15)1-3-22-4-2-17/h5-7,15,22-24H,1-4,8-11H2. The maximum Gasteiger partial charge on any atom is 0.416 e. The lowest BCUT2D eigenvalue weighted by molar-refractivity contribution is -0.142. The third-order valence-corrected chi connectivity index (χ3v) is 5.27. The second-order valence-corrected chi connectivity index (χ2v) is 7.09. The Morgan fingerprint density at radius 2 is 1.92 bits per heavy atom. The molecular weight excluding hydrogens is 349 g/mol. The lowest BCUT2D eigenvalue weighted by atomic mass is 9.73. The van der Waals surface area contributed by atoms with Crippen LogP contribution in [0, 0.1) is 5.41 Å². The van der Waals surface area contributed by atoms with Crippen molar-refractivity contribution in [3.63, 3.8) is 0 Å². The van der Waals surface area contributed by atoms with Gasteiger partial charge in [-0.2, -0.15) is 13.2 Å². The minimum atomic E-state index is -4.46. The van der Waals surface area contributed by atoms with Crippen LogP contribution < -0.4 is 10.6 Å². The number of carbonyl (C=O) groups excluding carboxylic acids is 1. The summed E-state index contributed by atoms with van der Waals surface area (Å²) < 4.78 is 44.4. The van der Waals surface area contributed by atoms with Gasteiger partial charge >= 0.3 is 12.1 Å². The molecule has 0 bridgehead atoms. The monoisotopic (exact) mass is 372 g/mol. The number of carbonyl (C=O) groups is 1. The maximum atomic E-state index is 13.0. The fourth-order valence-electron chi connectivity index (χ4n) is 3.88. The first-order valence-corrected chi connectivity index (χ1v) is 8.74. The Bertz CT molecular complexity index is 658. The number of benzene rings is 1. The topological polar surface area (TPSA) is 70.6 Å². The van der Waals surface area contributed by atoms with Gasteiger partial charge in [-0.15, -0.1) is 0 Å². The third kappa shape index (κ3) is 4.19. The molecule has 5 nitrogen and oxygen atoms in total. The van der Waals surface area contributed by atoms with Crippen molar-refractivity contribution in [3.05, 3.63) is 34.9 Å². The van der Waals surface area contributed by atoms with Crippen molar-refractivity contribution in [2.24, 2.45) is 5.41 Å². The summed E-state index contributed by atoms with van der Waals surface area (Å²) in [4.78, 5) is 11.8. The molecule has 3 rings (SSSR count). The lowest BCUT2D eigenvalue weighted by Gasteiger charge is -2.36. The highest BCUT2D eigenvalue weighted by atomic mass is 19.4. The molecule has 1 aromatic rings. The smallest absolute Gasteiger partial charge is 0.416 e. The summed E-state index contributed by atoms with van der Waals surface area (Å²) >= 11 is 0. The van der Waals surface area contributed by atoms with Crippen molar-refractivity contribution in [1.82, 2.24) is 10.6 Å². The van der Waals surface area contributed by atoms with Crippen LogP contribution in [0.4, 0.5) is 13.2 Å². The highest BCUT2D eigenvalue weighted by molar-refractivity contribution is 5.73. The van der Waals surface area contributed by atoms with Gasteiger partial charge in [0.05, 0.1) is 18.6 Å². The largest absolute Gasteiger partial charge is 0.460 e. The summed E-state index contributed by atoms with van der Waals surface area (Å²) in [7, 11) is 0. The molecule has 0 radical (unpaired) electrons. The Morgan fingerprint density at radius 3 is 2.58 bits per heavy atom. The summed E-state index contributed by atoms with van der Waals surface area (Å²) in [5.41, 5.74) is -0.298. The third-order valence-electron chi connectivity index (χ3n) is 5.27. The van der Waals surface area contributed by atoms with E-state index in [0.29, 0.717) is 18.5 Å². The van der Waals surface area contributed by atoms with Crippen molar-refractivity contribution >= 4 is 5.97 Å². The van der Waals surface area contributed by atoms with E-state index < -0.39 is 18.3 Å². The molecule has 1 aromatic carbocycles. The van der Waals surface area contributed by atoms with Crippen molar-refractivity contribution < 1.29 is 27.8 Å². The zero-order chi connectivity index (χ0) is 18.8. The Hall–Kier alpha value is -1.64. The molecule has 26 heavy (non-hydrogen) atoms. The van der Waals surface area contributed by atoms with Gasteiger partial charge in [-0.1, -0.05) is 6.07 Å². The van der Waals surface area contributed by atoms with Crippen LogP contribution in [0.15, 0.2) is 18.2 Å². The molecule has 144 valence electrons. The molecule has 2 heterocycles. The summed E-state index contributed by atoms with van der Waals surface area (Å²) in [5.74, 6) is -0.208. The molecule has 0 saturated carbocycles. The van der Waals surface area contributed by atoms with Crippen LogP contribution in [-0.4, -0.2) is 36.8 Å². The van der Waals surface area contributed by atoms with Gasteiger partial charge in [-0.25, -0.2) is 0 Å². The van der Waals surface area contributed by atoms with Crippen molar-refractivity contribution in [2.45, 2.75) is 44.7 Å². The van der Waals surface area contributed by atoms with E-state index in [1.165, 1.54) is 0 Å². The van der Waals surface area contributed by atoms with E-state index in [0.717, 1.165) is 38.1 Å². The lowest BCUT2D eigenvalue weighted by Crippen LogP contribution is -2.45. The Kier molecular flexibility index (Phi) is 5.55. The fraction of sp³-hybridized carbons (Fsp3) is 0.611. The number of halogens is 3. The van der Waals surface area contributed by atoms with Crippen LogP contribution in [-0.2, 0) is 28.9 Å².